The predicted octanol–water partition coefficient (Wildman–Crippen LogP) is -0.659. The third kappa shape index (κ3) is 3.84. The highest BCUT2D eigenvalue weighted by atomic mass is 19.1. The van der Waals surface area contributed by atoms with Crippen LogP contribution in [-0.2, 0) is 9.47 Å². The maximum atomic E-state index is 12.9. The van der Waals surface area contributed by atoms with Crippen LogP contribution < -0.4 is 11.2 Å². The fraction of sp³-hybridized carbons (Fsp3) is 0.333. The Morgan fingerprint density at radius 3 is 2.63 bits per heavy atom. The average molecular weight is 376 g/mol. The van der Waals surface area contributed by atoms with Crippen molar-refractivity contribution in [3.05, 3.63) is 68.2 Å². The number of nitrogens with one attached hydrogen (secondary N) is 1. The molecule has 1 saturated heterocycles. The van der Waals surface area contributed by atoms with E-state index in [-0.39, 0.29) is 5.56 Å². The summed E-state index contributed by atoms with van der Waals surface area (Å²) in [6.07, 6.45) is -2.88. The molecular formula is C18H17FN2O6. The third-order valence-corrected chi connectivity index (χ3v) is 4.19. The number of aromatic amines is 1. The summed E-state index contributed by atoms with van der Waals surface area (Å²) in [5.41, 5.74) is -1.02. The van der Waals surface area contributed by atoms with Gasteiger partial charge in [0.25, 0.3) is 5.56 Å². The molecule has 3 rings (SSSR count). The van der Waals surface area contributed by atoms with Crippen LogP contribution in [0, 0.1) is 17.7 Å². The van der Waals surface area contributed by atoms with Crippen LogP contribution >= 0.6 is 0 Å². The molecule has 0 amide bonds. The van der Waals surface area contributed by atoms with Crippen molar-refractivity contribution in [3.63, 3.8) is 0 Å². The number of aliphatic hydroxyl groups is 2. The summed E-state index contributed by atoms with van der Waals surface area (Å²) >= 11 is 0. The van der Waals surface area contributed by atoms with Crippen LogP contribution in [0.2, 0.25) is 0 Å². The molecule has 0 radical (unpaired) electrons. The van der Waals surface area contributed by atoms with Crippen molar-refractivity contribution in [3.8, 4) is 11.8 Å². The number of H-pyrrole nitrogens is 1. The number of nitrogens with zero attached hydrogens (tertiary/aromatic N) is 1. The molecule has 142 valence electrons. The zero-order valence-electron chi connectivity index (χ0n) is 14.3. The van der Waals surface area contributed by atoms with Crippen LogP contribution in [0.3, 0.4) is 0 Å². The summed E-state index contributed by atoms with van der Waals surface area (Å²) in [6, 6.07) is 5.38. The lowest BCUT2D eigenvalue weighted by molar-refractivity contribution is -0.0625. The minimum atomic E-state index is -1.16. The van der Waals surface area contributed by atoms with Gasteiger partial charge >= 0.3 is 5.69 Å². The van der Waals surface area contributed by atoms with E-state index in [1.807, 2.05) is 0 Å². The summed E-state index contributed by atoms with van der Waals surface area (Å²) in [4.78, 5) is 26.3. The molecule has 1 aromatic heterocycles. The second-order valence-corrected chi connectivity index (χ2v) is 5.90. The molecule has 9 heteroatoms. The number of hydrogen-bond donors (Lipinski definition) is 3. The van der Waals surface area contributed by atoms with Crippen molar-refractivity contribution in [1.29, 1.82) is 0 Å². The van der Waals surface area contributed by atoms with E-state index in [0.717, 1.165) is 4.57 Å². The lowest BCUT2D eigenvalue weighted by Crippen LogP contribution is -2.39. The van der Waals surface area contributed by atoms with E-state index < -0.39 is 48.2 Å². The number of hydrogen-bond acceptors (Lipinski definition) is 6. The maximum Gasteiger partial charge on any atom is 0.330 e. The lowest BCUT2D eigenvalue weighted by atomic mass is 10.1. The topological polar surface area (TPSA) is 114 Å². The van der Waals surface area contributed by atoms with Gasteiger partial charge in [0.1, 0.15) is 29.7 Å². The monoisotopic (exact) mass is 376 g/mol. The van der Waals surface area contributed by atoms with E-state index in [4.69, 9.17) is 9.47 Å². The van der Waals surface area contributed by atoms with Crippen molar-refractivity contribution in [1.82, 2.24) is 9.55 Å². The first kappa shape index (κ1) is 19.0. The molecule has 4 atom stereocenters. The fourth-order valence-corrected chi connectivity index (χ4v) is 2.78. The van der Waals surface area contributed by atoms with Gasteiger partial charge in [-0.25, -0.2) is 9.18 Å². The quantitative estimate of drug-likeness (QED) is 0.613. The molecule has 0 spiro atoms. The maximum absolute atomic E-state index is 12.9. The van der Waals surface area contributed by atoms with Crippen molar-refractivity contribution < 1.29 is 24.1 Å². The highest BCUT2D eigenvalue weighted by Gasteiger charge is 2.45. The Bertz CT molecular complexity index is 988. The fourth-order valence-electron chi connectivity index (χ4n) is 2.78. The standard InChI is InChI=1S/C18H17FN2O6/c1-26-15-14(23)13(9-22)27-17(15)21-8-11(16(24)20-18(21)25)5-2-10-3-6-12(19)7-4-10/h3-4,6-8,13-15,17,22-23H,9H2,1H3,(H,20,24,25)/t13-,14-,15-,17-/m1/s1. The predicted molar refractivity (Wildman–Crippen MR) is 91.5 cm³/mol. The van der Waals surface area contributed by atoms with Crippen molar-refractivity contribution in [2.45, 2.75) is 24.5 Å². The largest absolute Gasteiger partial charge is 0.394 e. The molecule has 3 N–H and O–H groups in total. The molecule has 1 fully saturated rings. The molecule has 0 aliphatic carbocycles. The Morgan fingerprint density at radius 1 is 1.30 bits per heavy atom. The Hall–Kier alpha value is -2.77. The second-order valence-electron chi connectivity index (χ2n) is 5.90. The van der Waals surface area contributed by atoms with Gasteiger partial charge in [-0.05, 0) is 24.3 Å². The molecule has 1 aliphatic rings. The highest BCUT2D eigenvalue weighted by molar-refractivity contribution is 5.41. The molecular weight excluding hydrogens is 359 g/mol. The van der Waals surface area contributed by atoms with E-state index in [2.05, 4.69) is 16.8 Å². The number of benzene rings is 1. The second kappa shape index (κ2) is 7.85. The zero-order valence-corrected chi connectivity index (χ0v) is 14.3. The van der Waals surface area contributed by atoms with E-state index in [1.165, 1.54) is 37.6 Å². The molecule has 1 aliphatic heterocycles. The Balaban J connectivity index is 1.99. The lowest BCUT2D eigenvalue weighted by Gasteiger charge is -2.20. The average Bonchev–Trinajstić information content (AvgIpc) is 2.97. The van der Waals surface area contributed by atoms with Crippen LogP contribution in [0.4, 0.5) is 4.39 Å². The van der Waals surface area contributed by atoms with Crippen molar-refractivity contribution >= 4 is 0 Å². The van der Waals surface area contributed by atoms with E-state index in [1.54, 1.807) is 0 Å². The van der Waals surface area contributed by atoms with Gasteiger partial charge in [0.15, 0.2) is 6.23 Å². The van der Waals surface area contributed by atoms with E-state index in [0.29, 0.717) is 5.56 Å². The number of rotatable bonds is 3. The molecule has 2 heterocycles. The molecule has 0 unspecified atom stereocenters. The Labute approximate surface area is 152 Å². The minimum Gasteiger partial charge on any atom is -0.394 e. The van der Waals surface area contributed by atoms with Gasteiger partial charge in [-0.15, -0.1) is 0 Å². The van der Waals surface area contributed by atoms with Crippen LogP contribution in [0.15, 0.2) is 40.1 Å². The van der Waals surface area contributed by atoms with Crippen LogP contribution in [0.1, 0.15) is 17.4 Å². The Morgan fingerprint density at radius 2 is 2.00 bits per heavy atom. The van der Waals surface area contributed by atoms with Crippen molar-refractivity contribution in [2.75, 3.05) is 13.7 Å². The number of ether oxygens (including phenoxy) is 2. The van der Waals surface area contributed by atoms with Gasteiger partial charge in [-0.3, -0.25) is 14.3 Å². The molecule has 27 heavy (non-hydrogen) atoms. The highest BCUT2D eigenvalue weighted by Crippen LogP contribution is 2.30. The van der Waals surface area contributed by atoms with Gasteiger partial charge in [0.2, 0.25) is 0 Å². The van der Waals surface area contributed by atoms with Gasteiger partial charge in [0, 0.05) is 18.9 Å². The number of aliphatic hydroxyl groups excluding tert-OH is 2. The summed E-state index contributed by atoms with van der Waals surface area (Å²) in [7, 11) is 1.33. The van der Waals surface area contributed by atoms with Crippen LogP contribution in [0.5, 0.6) is 0 Å². The zero-order chi connectivity index (χ0) is 19.6. The molecule has 8 nitrogen and oxygen atoms in total. The molecule has 2 aromatic rings. The molecule has 0 saturated carbocycles. The van der Waals surface area contributed by atoms with Crippen molar-refractivity contribution in [2.24, 2.45) is 0 Å². The smallest absolute Gasteiger partial charge is 0.330 e. The normalized spacial score (nSPS) is 24.4. The summed E-state index contributed by atoms with van der Waals surface area (Å²) < 4.78 is 24.7. The van der Waals surface area contributed by atoms with Gasteiger partial charge in [-0.2, -0.15) is 0 Å². The van der Waals surface area contributed by atoms with E-state index >= 15 is 0 Å². The summed E-state index contributed by atoms with van der Waals surface area (Å²) in [5, 5.41) is 19.4. The van der Waals surface area contributed by atoms with E-state index in [9.17, 15) is 24.2 Å². The first-order valence-electron chi connectivity index (χ1n) is 8.05. The number of aromatic nitrogens is 2. The SMILES string of the molecule is CO[C@@H]1[C@H](O)[C@@H](CO)O[C@H]1n1cc(C#Cc2ccc(F)cc2)c(=O)[nH]c1=O. The molecule has 0 bridgehead atoms. The number of halogens is 1. The first-order valence-corrected chi connectivity index (χ1v) is 8.05. The molecule has 1 aromatic carbocycles. The van der Waals surface area contributed by atoms with Crippen LogP contribution in [0.25, 0.3) is 0 Å². The van der Waals surface area contributed by atoms with Gasteiger partial charge in [0.05, 0.1) is 6.61 Å². The Kier molecular flexibility index (Phi) is 5.53. The van der Waals surface area contributed by atoms with Gasteiger partial charge < -0.3 is 19.7 Å². The van der Waals surface area contributed by atoms with Gasteiger partial charge in [-0.1, -0.05) is 11.8 Å². The summed E-state index contributed by atoms with van der Waals surface area (Å²) in [5.74, 6) is 4.92. The van der Waals surface area contributed by atoms with Crippen LogP contribution in [-0.4, -0.2) is 51.8 Å². The number of methoxy groups -OCH3 is 1. The minimum absolute atomic E-state index is 0.0284. The first-order chi connectivity index (χ1) is 12.9. The summed E-state index contributed by atoms with van der Waals surface area (Å²) in [6.45, 7) is -0.465. The third-order valence-electron chi connectivity index (χ3n) is 4.19.